The second kappa shape index (κ2) is 18.5. The second-order valence-electron chi connectivity index (χ2n) is 16.7. The van der Waals surface area contributed by atoms with Crippen LogP contribution in [0.5, 0.6) is 0 Å². The average molecular weight is 967 g/mol. The number of hydrogen-bond donors (Lipinski definition) is 1. The van der Waals surface area contributed by atoms with Crippen LogP contribution in [0.4, 0.5) is 0 Å². The molecule has 7 aromatic rings. The van der Waals surface area contributed by atoms with Gasteiger partial charge in [-0.3, -0.25) is 4.79 Å². The minimum absolute atomic E-state index is 0. The molecular weight excluding hydrogens is 911 g/mol. The molecule has 1 aromatic heterocycles. The van der Waals surface area contributed by atoms with E-state index in [1.54, 1.807) is 0 Å². The van der Waals surface area contributed by atoms with Crippen molar-refractivity contribution in [1.29, 1.82) is 0 Å². The normalized spacial score (nSPS) is 12.0. The maximum atomic E-state index is 12.2. The molecule has 6 aromatic carbocycles. The van der Waals surface area contributed by atoms with Gasteiger partial charge in [0, 0.05) is 43.2 Å². The average Bonchev–Trinajstić information content (AvgIpc) is 3.27. The molecule has 0 atom stereocenters. The summed E-state index contributed by atoms with van der Waals surface area (Å²) in [5.41, 5.74) is 16.3. The zero-order valence-corrected chi connectivity index (χ0v) is 38.6. The molecule has 0 spiro atoms. The van der Waals surface area contributed by atoms with Gasteiger partial charge in [-0.15, -0.1) is 34.9 Å². The summed E-state index contributed by atoms with van der Waals surface area (Å²) in [6.45, 7) is 16.3. The van der Waals surface area contributed by atoms with E-state index in [1.165, 1.54) is 72.7 Å². The molecule has 1 heterocycles. The summed E-state index contributed by atoms with van der Waals surface area (Å²) in [5, 5.41) is 12.5. The van der Waals surface area contributed by atoms with Gasteiger partial charge in [-0.2, -0.15) is 0 Å². The number of aliphatic hydroxyl groups is 1. The van der Waals surface area contributed by atoms with Gasteiger partial charge in [-0.1, -0.05) is 152 Å². The Morgan fingerprint density at radius 1 is 0.600 bits per heavy atom. The van der Waals surface area contributed by atoms with Crippen molar-refractivity contribution >= 4 is 16.6 Å². The summed E-state index contributed by atoms with van der Waals surface area (Å²) >= 11 is 0. The molecule has 8 rings (SSSR count). The van der Waals surface area contributed by atoms with Crippen molar-refractivity contribution in [2.45, 2.75) is 81.1 Å². The number of fused-ring (bicyclic) bond motifs is 9. The first-order valence-electron chi connectivity index (χ1n) is 21.2. The van der Waals surface area contributed by atoms with Gasteiger partial charge in [0.05, 0.1) is 0 Å². The first-order valence-corrected chi connectivity index (χ1v) is 21.2. The standard InChI is InChI=1S/C41H28N.C15H28O2.Ir/c1-26-21-27(2)23-31(22-26)41-32-17-15-28(24-30(32)19-20-42-41)29-16-18-39-37-13-6-5-11-35(37)33-9-3-4-10-34(33)36-12-7-8-14-38(36)40(39)25-29;1-7-14(5,8-2)12(16)11-13(17)15(6,9-3)10-4;/h3-22,24-25H,1-2H3;11,16H,7-10H2,1-6H3;/q-1;;/b;12-11-;. The molecule has 0 bridgehead atoms. The topological polar surface area (TPSA) is 50.2 Å². The van der Waals surface area contributed by atoms with Crippen LogP contribution in [0.15, 0.2) is 145 Å². The Kier molecular flexibility index (Phi) is 13.6. The quantitative estimate of drug-likeness (QED) is 0.0891. The molecule has 1 radical (unpaired) electrons. The molecule has 4 heteroatoms. The van der Waals surface area contributed by atoms with Crippen molar-refractivity contribution in [3.8, 4) is 66.9 Å². The summed E-state index contributed by atoms with van der Waals surface area (Å²) in [4.78, 5) is 17.0. The van der Waals surface area contributed by atoms with Crippen molar-refractivity contribution in [2.24, 2.45) is 10.8 Å². The van der Waals surface area contributed by atoms with E-state index in [0.717, 1.165) is 47.9 Å². The molecule has 60 heavy (non-hydrogen) atoms. The molecule has 0 unspecified atom stereocenters. The molecule has 0 aliphatic heterocycles. The van der Waals surface area contributed by atoms with Gasteiger partial charge in [0.25, 0.3) is 0 Å². The Morgan fingerprint density at radius 2 is 1.07 bits per heavy atom. The molecule has 0 saturated heterocycles. The van der Waals surface area contributed by atoms with Crippen LogP contribution in [0.1, 0.15) is 78.4 Å². The summed E-state index contributed by atoms with van der Waals surface area (Å²) in [5.74, 6) is 0.286. The molecular formula is C56H56IrNO2-. The van der Waals surface area contributed by atoms with E-state index >= 15 is 0 Å². The van der Waals surface area contributed by atoms with Crippen LogP contribution in [0.2, 0.25) is 0 Å². The second-order valence-corrected chi connectivity index (χ2v) is 16.7. The Balaban J connectivity index is 0.000000287. The number of aliphatic hydroxyl groups excluding tert-OH is 1. The molecule has 0 fully saturated rings. The fourth-order valence-corrected chi connectivity index (χ4v) is 8.32. The predicted octanol–water partition coefficient (Wildman–Crippen LogP) is 15.6. The molecule has 1 N–H and O–H groups in total. The molecule has 1 aliphatic rings. The Bertz CT molecular complexity index is 2670. The summed E-state index contributed by atoms with van der Waals surface area (Å²) < 4.78 is 0. The van der Waals surface area contributed by atoms with E-state index in [0.29, 0.717) is 0 Å². The van der Waals surface area contributed by atoms with Gasteiger partial charge >= 0.3 is 0 Å². The van der Waals surface area contributed by atoms with Gasteiger partial charge in [-0.25, -0.2) is 0 Å². The summed E-state index contributed by atoms with van der Waals surface area (Å²) in [6, 6.07) is 50.1. The van der Waals surface area contributed by atoms with Gasteiger partial charge in [-0.05, 0) is 116 Å². The van der Waals surface area contributed by atoms with Crippen molar-refractivity contribution < 1.29 is 30.0 Å². The van der Waals surface area contributed by atoms with Crippen molar-refractivity contribution in [1.82, 2.24) is 4.98 Å². The van der Waals surface area contributed by atoms with Crippen LogP contribution in [0, 0.1) is 30.7 Å². The number of aryl methyl sites for hydroxylation is 2. The number of allylic oxidation sites excluding steroid dienone is 2. The third-order valence-electron chi connectivity index (χ3n) is 13.1. The van der Waals surface area contributed by atoms with E-state index in [-0.39, 0.29) is 42.5 Å². The number of nitrogens with zero attached hydrogens (tertiary/aromatic N) is 1. The number of aromatic nitrogens is 1. The third-order valence-corrected chi connectivity index (χ3v) is 13.1. The first kappa shape index (κ1) is 44.1. The van der Waals surface area contributed by atoms with Crippen LogP contribution >= 0.6 is 0 Å². The maximum absolute atomic E-state index is 12.2. The smallest absolute Gasteiger partial charge is 0.164 e. The Hall–Kier alpha value is -5.41. The molecule has 307 valence electrons. The fraction of sp³-hybridized carbons (Fsp3) is 0.250. The van der Waals surface area contributed by atoms with Gasteiger partial charge in [0.15, 0.2) is 5.78 Å². The molecule has 0 amide bonds. The largest absolute Gasteiger partial charge is 0.512 e. The van der Waals surface area contributed by atoms with Crippen molar-refractivity contribution in [3.63, 3.8) is 0 Å². The van der Waals surface area contributed by atoms with E-state index in [9.17, 15) is 9.90 Å². The summed E-state index contributed by atoms with van der Waals surface area (Å²) in [7, 11) is 0. The zero-order chi connectivity index (χ0) is 41.9. The number of carbonyl (C=O) groups excluding carboxylic acids is 1. The minimum Gasteiger partial charge on any atom is -0.512 e. The number of hydrogen-bond acceptors (Lipinski definition) is 3. The van der Waals surface area contributed by atoms with Gasteiger partial charge < -0.3 is 10.1 Å². The Morgan fingerprint density at radius 3 is 1.57 bits per heavy atom. The SMILES string of the molecule is CCC(C)(CC)C(=O)/C=C(\O)C(C)(CC)CC.Cc1[c-]c(-c2nccc3cc(-c4ccc5c(c4)-c4ccccc4-c4ccccc4-c4ccccc4-5)ccc23)cc(C)c1.[Ir]. The van der Waals surface area contributed by atoms with Crippen LogP contribution < -0.4 is 0 Å². The molecule has 0 saturated carbocycles. The minimum atomic E-state index is -0.337. The third kappa shape index (κ3) is 8.60. The number of benzene rings is 6. The molecule has 3 nitrogen and oxygen atoms in total. The van der Waals surface area contributed by atoms with E-state index in [4.69, 9.17) is 4.98 Å². The van der Waals surface area contributed by atoms with Gasteiger partial charge in [0.2, 0.25) is 0 Å². The zero-order valence-electron chi connectivity index (χ0n) is 36.2. The van der Waals surface area contributed by atoms with Crippen LogP contribution in [-0.2, 0) is 24.9 Å². The maximum Gasteiger partial charge on any atom is 0.164 e. The van der Waals surface area contributed by atoms with E-state index in [1.807, 2.05) is 47.7 Å². The molecule has 1 aliphatic carbocycles. The summed E-state index contributed by atoms with van der Waals surface area (Å²) in [6.07, 6.45) is 6.67. The van der Waals surface area contributed by atoms with Crippen molar-refractivity contribution in [3.05, 3.63) is 163 Å². The number of pyridine rings is 1. The van der Waals surface area contributed by atoms with E-state index < -0.39 is 0 Å². The number of carbonyl (C=O) groups is 1. The van der Waals surface area contributed by atoms with Crippen LogP contribution in [0.25, 0.3) is 77.7 Å². The van der Waals surface area contributed by atoms with Gasteiger partial charge in [0.1, 0.15) is 5.76 Å². The monoisotopic (exact) mass is 967 g/mol. The van der Waals surface area contributed by atoms with Crippen LogP contribution in [-0.4, -0.2) is 15.9 Å². The van der Waals surface area contributed by atoms with Crippen LogP contribution in [0.3, 0.4) is 0 Å². The fourth-order valence-electron chi connectivity index (χ4n) is 8.32. The number of ketones is 1. The predicted molar refractivity (Wildman–Crippen MR) is 249 cm³/mol. The first-order chi connectivity index (χ1) is 28.4. The van der Waals surface area contributed by atoms with E-state index in [2.05, 4.69) is 147 Å². The van der Waals surface area contributed by atoms with Crippen molar-refractivity contribution in [2.75, 3.05) is 0 Å². The Labute approximate surface area is 371 Å². The number of rotatable bonds is 9.